The van der Waals surface area contributed by atoms with Crippen LogP contribution >= 0.6 is 27.7 Å². The van der Waals surface area contributed by atoms with Crippen LogP contribution in [0.25, 0.3) is 0 Å². The molecule has 118 valence electrons. The van der Waals surface area contributed by atoms with Gasteiger partial charge in [-0.25, -0.2) is 13.1 Å². The van der Waals surface area contributed by atoms with Gasteiger partial charge in [0.1, 0.15) is 0 Å². The molecule has 1 aromatic carbocycles. The third-order valence-electron chi connectivity index (χ3n) is 4.05. The Bertz CT molecular complexity index is 599. The summed E-state index contributed by atoms with van der Waals surface area (Å²) in [5.41, 5.74) is 6.47. The van der Waals surface area contributed by atoms with Gasteiger partial charge in [0, 0.05) is 22.3 Å². The van der Waals surface area contributed by atoms with E-state index in [1.807, 2.05) is 0 Å². The molecule has 1 saturated carbocycles. The van der Waals surface area contributed by atoms with Crippen molar-refractivity contribution in [2.75, 3.05) is 12.8 Å². The highest BCUT2D eigenvalue weighted by atomic mass is 79.9. The molecule has 3 N–H and O–H groups in total. The van der Waals surface area contributed by atoms with E-state index in [4.69, 9.17) is 5.73 Å². The summed E-state index contributed by atoms with van der Waals surface area (Å²) in [6, 6.07) is 5.11. The maximum atomic E-state index is 12.5. The van der Waals surface area contributed by atoms with Crippen LogP contribution in [-0.4, -0.2) is 26.0 Å². The van der Waals surface area contributed by atoms with Crippen molar-refractivity contribution in [2.45, 2.75) is 41.9 Å². The van der Waals surface area contributed by atoms with Gasteiger partial charge in [-0.05, 0) is 52.7 Å². The number of hydrogen-bond donors (Lipinski definition) is 2. The molecule has 0 bridgehead atoms. The summed E-state index contributed by atoms with van der Waals surface area (Å²) in [5, 5.41) is 0. The molecule has 1 aliphatic carbocycles. The van der Waals surface area contributed by atoms with E-state index < -0.39 is 10.0 Å². The van der Waals surface area contributed by atoms with Gasteiger partial charge in [-0.3, -0.25) is 0 Å². The first-order valence-corrected chi connectivity index (χ1v) is 10.5. The molecule has 7 heteroatoms. The number of sulfonamides is 1. The molecule has 0 radical (unpaired) electrons. The highest BCUT2D eigenvalue weighted by molar-refractivity contribution is 9.10. The van der Waals surface area contributed by atoms with Crippen molar-refractivity contribution in [3.63, 3.8) is 0 Å². The quantitative estimate of drug-likeness (QED) is 0.780. The van der Waals surface area contributed by atoms with E-state index >= 15 is 0 Å². The molecule has 0 atom stereocenters. The van der Waals surface area contributed by atoms with Gasteiger partial charge in [0.25, 0.3) is 0 Å². The Balaban J connectivity index is 2.15. The summed E-state index contributed by atoms with van der Waals surface area (Å²) < 4.78 is 28.4. The molecule has 4 nitrogen and oxygen atoms in total. The first kappa shape index (κ1) is 17.3. The topological polar surface area (TPSA) is 72.2 Å². The third-order valence-corrected chi connectivity index (χ3v) is 7.85. The van der Waals surface area contributed by atoms with E-state index in [0.717, 1.165) is 18.4 Å². The van der Waals surface area contributed by atoms with Crippen molar-refractivity contribution in [3.05, 3.63) is 28.2 Å². The van der Waals surface area contributed by atoms with Gasteiger partial charge in [0.05, 0.1) is 4.90 Å². The molecular weight excluding hydrogens is 372 g/mol. The molecule has 0 unspecified atom stereocenters. The van der Waals surface area contributed by atoms with Crippen molar-refractivity contribution < 1.29 is 8.42 Å². The number of nitrogens with one attached hydrogen (secondary N) is 1. The van der Waals surface area contributed by atoms with Crippen LogP contribution in [0.2, 0.25) is 0 Å². The highest BCUT2D eigenvalue weighted by Crippen LogP contribution is 2.40. The molecule has 0 saturated heterocycles. The minimum absolute atomic E-state index is 0.0523. The molecule has 1 fully saturated rings. The maximum Gasteiger partial charge on any atom is 0.241 e. The molecule has 2 rings (SSSR count). The van der Waals surface area contributed by atoms with E-state index in [0.29, 0.717) is 17.6 Å². The van der Waals surface area contributed by atoms with Crippen LogP contribution in [0.15, 0.2) is 27.6 Å². The first-order valence-electron chi connectivity index (χ1n) is 6.96. The zero-order valence-electron chi connectivity index (χ0n) is 12.1. The SMILES string of the molecule is CSC1(CNS(=O)(=O)c2ccc(CN)cc2Br)CCCC1. The van der Waals surface area contributed by atoms with Gasteiger partial charge in [-0.15, -0.1) is 0 Å². The zero-order valence-corrected chi connectivity index (χ0v) is 15.3. The Kier molecular flexibility index (Phi) is 5.76. The van der Waals surface area contributed by atoms with Crippen LogP contribution in [0.3, 0.4) is 0 Å². The fourth-order valence-corrected chi connectivity index (χ4v) is 5.92. The summed E-state index contributed by atoms with van der Waals surface area (Å²) in [6.45, 7) is 0.878. The second-order valence-corrected chi connectivity index (χ2v) is 9.25. The Labute approximate surface area is 139 Å². The van der Waals surface area contributed by atoms with E-state index in [1.165, 1.54) is 12.8 Å². The van der Waals surface area contributed by atoms with Gasteiger partial charge >= 0.3 is 0 Å². The van der Waals surface area contributed by atoms with Crippen molar-refractivity contribution in [2.24, 2.45) is 5.73 Å². The second-order valence-electron chi connectivity index (χ2n) is 5.39. The van der Waals surface area contributed by atoms with Gasteiger partial charge in [-0.2, -0.15) is 11.8 Å². The minimum atomic E-state index is -3.50. The Morgan fingerprint density at radius 2 is 2.05 bits per heavy atom. The summed E-state index contributed by atoms with van der Waals surface area (Å²) in [5.74, 6) is 0. The van der Waals surface area contributed by atoms with E-state index in [-0.39, 0.29) is 9.64 Å². The van der Waals surface area contributed by atoms with Gasteiger partial charge in [0.2, 0.25) is 10.0 Å². The number of hydrogen-bond acceptors (Lipinski definition) is 4. The molecule has 0 heterocycles. The van der Waals surface area contributed by atoms with E-state index in [2.05, 4.69) is 26.9 Å². The van der Waals surface area contributed by atoms with E-state index in [9.17, 15) is 8.42 Å². The Morgan fingerprint density at radius 1 is 1.38 bits per heavy atom. The summed E-state index contributed by atoms with van der Waals surface area (Å²) >= 11 is 5.10. The first-order chi connectivity index (χ1) is 9.92. The fourth-order valence-electron chi connectivity index (χ4n) is 2.67. The minimum Gasteiger partial charge on any atom is -0.326 e. The summed E-state index contributed by atoms with van der Waals surface area (Å²) in [7, 11) is -3.50. The lowest BCUT2D eigenvalue weighted by Crippen LogP contribution is -2.38. The van der Waals surface area contributed by atoms with Crippen molar-refractivity contribution >= 4 is 37.7 Å². The van der Waals surface area contributed by atoms with Crippen LogP contribution in [-0.2, 0) is 16.6 Å². The number of halogens is 1. The molecule has 1 aromatic rings. The smallest absolute Gasteiger partial charge is 0.241 e. The maximum absolute atomic E-state index is 12.5. The van der Waals surface area contributed by atoms with Crippen molar-refractivity contribution in [1.82, 2.24) is 4.72 Å². The average Bonchev–Trinajstić information content (AvgIpc) is 2.94. The van der Waals surface area contributed by atoms with Crippen molar-refractivity contribution in [1.29, 1.82) is 0 Å². The standard InChI is InChI=1S/C14H21BrN2O2S2/c1-20-14(6-2-3-7-14)10-17-21(18,19)13-5-4-11(9-16)8-12(13)15/h4-5,8,17H,2-3,6-7,9-10,16H2,1H3. The van der Waals surface area contributed by atoms with Crippen LogP contribution in [0.5, 0.6) is 0 Å². The summed E-state index contributed by atoms with van der Waals surface area (Å²) in [4.78, 5) is 0.272. The molecule has 0 aromatic heterocycles. The summed E-state index contributed by atoms with van der Waals surface area (Å²) in [6.07, 6.45) is 6.56. The van der Waals surface area contributed by atoms with Crippen LogP contribution in [0, 0.1) is 0 Å². The number of thioether (sulfide) groups is 1. The zero-order chi connectivity index (χ0) is 15.5. The lowest BCUT2D eigenvalue weighted by atomic mass is 10.1. The number of benzene rings is 1. The third kappa shape index (κ3) is 4.01. The largest absolute Gasteiger partial charge is 0.326 e. The second kappa shape index (κ2) is 7.00. The molecule has 21 heavy (non-hydrogen) atoms. The van der Waals surface area contributed by atoms with Gasteiger partial charge in [0.15, 0.2) is 0 Å². The number of nitrogens with two attached hydrogens (primary N) is 1. The van der Waals surface area contributed by atoms with Crippen LogP contribution < -0.4 is 10.5 Å². The Morgan fingerprint density at radius 3 is 2.57 bits per heavy atom. The molecule has 0 aliphatic heterocycles. The van der Waals surface area contributed by atoms with Gasteiger partial charge in [-0.1, -0.05) is 18.9 Å². The predicted octanol–water partition coefficient (Wildman–Crippen LogP) is 2.86. The molecule has 0 amide bonds. The normalized spacial score (nSPS) is 18.0. The highest BCUT2D eigenvalue weighted by Gasteiger charge is 2.34. The average molecular weight is 393 g/mol. The Hall–Kier alpha value is -0.0800. The number of rotatable bonds is 6. The monoisotopic (exact) mass is 392 g/mol. The predicted molar refractivity (Wildman–Crippen MR) is 91.9 cm³/mol. The van der Waals surface area contributed by atoms with Crippen LogP contribution in [0.4, 0.5) is 0 Å². The molecular formula is C14H21BrN2O2S2. The van der Waals surface area contributed by atoms with Gasteiger partial charge < -0.3 is 5.73 Å². The lowest BCUT2D eigenvalue weighted by Gasteiger charge is -2.27. The van der Waals surface area contributed by atoms with Crippen LogP contribution in [0.1, 0.15) is 31.2 Å². The van der Waals surface area contributed by atoms with E-state index in [1.54, 1.807) is 30.0 Å². The van der Waals surface area contributed by atoms with Crippen molar-refractivity contribution in [3.8, 4) is 0 Å². The lowest BCUT2D eigenvalue weighted by molar-refractivity contribution is 0.551. The fraction of sp³-hybridized carbons (Fsp3) is 0.571. The molecule has 1 aliphatic rings. The molecule has 0 spiro atoms.